The van der Waals surface area contributed by atoms with Crippen LogP contribution < -0.4 is 0 Å². The van der Waals surface area contributed by atoms with Crippen LogP contribution in [0.4, 0.5) is 0 Å². The first-order chi connectivity index (χ1) is 6.11. The molecule has 0 bridgehead atoms. The Kier molecular flexibility index (Phi) is 2.63. The average Bonchev–Trinajstić information content (AvgIpc) is 2.55. The molecule has 6 nitrogen and oxygen atoms in total. The van der Waals surface area contributed by atoms with Crippen LogP contribution in [0, 0.1) is 0 Å². The summed E-state index contributed by atoms with van der Waals surface area (Å²) in [6.45, 7) is 0.238. The predicted octanol–water partition coefficient (Wildman–Crippen LogP) is -0.547. The summed E-state index contributed by atoms with van der Waals surface area (Å²) in [5.41, 5.74) is 0.761. The number of carboxylic acid groups (broad SMARTS) is 1. The molecule has 0 aromatic carbocycles. The summed E-state index contributed by atoms with van der Waals surface area (Å²) in [6.07, 6.45) is 3.14. The van der Waals surface area contributed by atoms with Crippen LogP contribution in [0.3, 0.4) is 0 Å². The third-order valence-corrected chi connectivity index (χ3v) is 1.50. The number of nitrogens with zero attached hydrogens (tertiary/aromatic N) is 2. The lowest BCUT2D eigenvalue weighted by Gasteiger charge is -2.12. The van der Waals surface area contributed by atoms with Crippen molar-refractivity contribution in [2.75, 3.05) is 7.05 Å². The molecule has 6 heteroatoms. The van der Waals surface area contributed by atoms with E-state index in [1.54, 1.807) is 6.20 Å². The number of hydrogen-bond donors (Lipinski definition) is 2. The highest BCUT2D eigenvalue weighted by atomic mass is 16.4. The van der Waals surface area contributed by atoms with Crippen LogP contribution in [0.5, 0.6) is 0 Å². The SMILES string of the molecule is CN(Cc1cn[nH]c1)C(=O)C(=O)O. The van der Waals surface area contributed by atoms with Crippen molar-refractivity contribution in [3.63, 3.8) is 0 Å². The summed E-state index contributed by atoms with van der Waals surface area (Å²) in [6, 6.07) is 0. The van der Waals surface area contributed by atoms with Crippen molar-refractivity contribution in [2.24, 2.45) is 0 Å². The fraction of sp³-hybridized carbons (Fsp3) is 0.286. The second kappa shape index (κ2) is 3.70. The molecule has 13 heavy (non-hydrogen) atoms. The van der Waals surface area contributed by atoms with Gasteiger partial charge in [-0.1, -0.05) is 0 Å². The van der Waals surface area contributed by atoms with E-state index in [1.807, 2.05) is 0 Å². The number of aromatic nitrogens is 2. The quantitative estimate of drug-likeness (QED) is 0.602. The topological polar surface area (TPSA) is 86.3 Å². The largest absolute Gasteiger partial charge is 0.474 e. The number of aliphatic carboxylic acids is 1. The first-order valence-electron chi connectivity index (χ1n) is 3.57. The van der Waals surface area contributed by atoms with Gasteiger partial charge in [0.05, 0.1) is 6.20 Å². The van der Waals surface area contributed by atoms with E-state index in [-0.39, 0.29) is 6.54 Å². The van der Waals surface area contributed by atoms with Crippen molar-refractivity contribution in [3.05, 3.63) is 18.0 Å². The minimum absolute atomic E-state index is 0.238. The molecule has 70 valence electrons. The van der Waals surface area contributed by atoms with E-state index in [1.165, 1.54) is 13.2 Å². The Morgan fingerprint density at radius 1 is 1.69 bits per heavy atom. The van der Waals surface area contributed by atoms with Gasteiger partial charge in [-0.3, -0.25) is 9.89 Å². The zero-order valence-corrected chi connectivity index (χ0v) is 7.02. The van der Waals surface area contributed by atoms with Gasteiger partial charge in [-0.25, -0.2) is 4.79 Å². The first kappa shape index (κ1) is 9.24. The summed E-state index contributed by atoms with van der Waals surface area (Å²) < 4.78 is 0. The van der Waals surface area contributed by atoms with Crippen LogP contribution in [0.2, 0.25) is 0 Å². The summed E-state index contributed by atoms with van der Waals surface area (Å²) in [4.78, 5) is 22.2. The smallest absolute Gasteiger partial charge is 0.394 e. The third kappa shape index (κ3) is 2.29. The van der Waals surface area contributed by atoms with Crippen molar-refractivity contribution in [2.45, 2.75) is 6.54 Å². The van der Waals surface area contributed by atoms with E-state index in [2.05, 4.69) is 10.2 Å². The highest BCUT2D eigenvalue weighted by Gasteiger charge is 2.16. The molecule has 0 radical (unpaired) electrons. The summed E-state index contributed by atoms with van der Waals surface area (Å²) >= 11 is 0. The van der Waals surface area contributed by atoms with Crippen LogP contribution in [-0.2, 0) is 16.1 Å². The number of hydrogen-bond acceptors (Lipinski definition) is 3. The molecule has 0 aliphatic rings. The molecule has 1 rings (SSSR count). The van der Waals surface area contributed by atoms with E-state index < -0.39 is 11.9 Å². The first-order valence-corrected chi connectivity index (χ1v) is 3.57. The molecule has 1 aromatic rings. The molecule has 0 unspecified atom stereocenters. The summed E-state index contributed by atoms with van der Waals surface area (Å²) in [7, 11) is 1.42. The minimum atomic E-state index is -1.45. The molecule has 0 aliphatic carbocycles. The van der Waals surface area contributed by atoms with Crippen molar-refractivity contribution >= 4 is 11.9 Å². The summed E-state index contributed by atoms with van der Waals surface area (Å²) in [5.74, 6) is -2.38. The Hall–Kier alpha value is -1.85. The molecular weight excluding hydrogens is 174 g/mol. The predicted molar refractivity (Wildman–Crippen MR) is 42.7 cm³/mol. The van der Waals surface area contributed by atoms with E-state index in [4.69, 9.17) is 5.11 Å². The lowest BCUT2D eigenvalue weighted by molar-refractivity contribution is -0.155. The molecule has 1 aromatic heterocycles. The fourth-order valence-corrected chi connectivity index (χ4v) is 0.873. The van der Waals surface area contributed by atoms with Gasteiger partial charge in [0.15, 0.2) is 0 Å². The number of amides is 1. The van der Waals surface area contributed by atoms with Gasteiger partial charge >= 0.3 is 11.9 Å². The molecule has 0 aliphatic heterocycles. The van der Waals surface area contributed by atoms with Gasteiger partial charge in [-0.2, -0.15) is 5.10 Å². The number of aromatic amines is 1. The number of likely N-dealkylation sites (N-methyl/N-ethyl adjacent to an activating group) is 1. The zero-order chi connectivity index (χ0) is 9.84. The minimum Gasteiger partial charge on any atom is -0.474 e. The number of carbonyl (C=O) groups excluding carboxylic acids is 1. The Morgan fingerprint density at radius 2 is 2.38 bits per heavy atom. The lowest BCUT2D eigenvalue weighted by Crippen LogP contribution is -2.32. The van der Waals surface area contributed by atoms with Crippen LogP contribution in [0.25, 0.3) is 0 Å². The molecular formula is C7H9N3O3. The Bertz CT molecular complexity index is 307. The molecule has 0 spiro atoms. The number of carboxylic acids is 1. The van der Waals surface area contributed by atoms with Gasteiger partial charge in [0.1, 0.15) is 0 Å². The van der Waals surface area contributed by atoms with Gasteiger partial charge in [0.2, 0.25) is 0 Å². The number of rotatable bonds is 2. The second-order valence-corrected chi connectivity index (χ2v) is 2.57. The Labute approximate surface area is 74.2 Å². The van der Waals surface area contributed by atoms with Crippen molar-refractivity contribution in [1.29, 1.82) is 0 Å². The third-order valence-electron chi connectivity index (χ3n) is 1.50. The highest BCUT2D eigenvalue weighted by Crippen LogP contribution is 1.99. The maximum Gasteiger partial charge on any atom is 0.394 e. The van der Waals surface area contributed by atoms with Crippen LogP contribution in [0.15, 0.2) is 12.4 Å². The fourth-order valence-electron chi connectivity index (χ4n) is 0.873. The van der Waals surface area contributed by atoms with Crippen molar-refractivity contribution < 1.29 is 14.7 Å². The maximum absolute atomic E-state index is 10.9. The number of nitrogens with one attached hydrogen (secondary N) is 1. The maximum atomic E-state index is 10.9. The van der Waals surface area contributed by atoms with Gasteiger partial charge < -0.3 is 10.0 Å². The molecule has 0 saturated heterocycles. The molecule has 0 saturated carbocycles. The summed E-state index contributed by atoms with van der Waals surface area (Å²) in [5, 5.41) is 14.6. The lowest BCUT2D eigenvalue weighted by atomic mass is 10.3. The highest BCUT2D eigenvalue weighted by molar-refractivity contribution is 6.31. The van der Waals surface area contributed by atoms with E-state index in [9.17, 15) is 9.59 Å². The average molecular weight is 183 g/mol. The molecule has 1 heterocycles. The molecule has 1 amide bonds. The van der Waals surface area contributed by atoms with E-state index in [0.29, 0.717) is 0 Å². The molecule has 2 N–H and O–H groups in total. The standard InChI is InChI=1S/C7H9N3O3/c1-10(6(11)7(12)13)4-5-2-8-9-3-5/h2-3H,4H2,1H3,(H,8,9)(H,12,13). The van der Waals surface area contributed by atoms with Crippen molar-refractivity contribution in [3.8, 4) is 0 Å². The van der Waals surface area contributed by atoms with Gasteiger partial charge in [0.25, 0.3) is 0 Å². The molecule has 0 fully saturated rings. The second-order valence-electron chi connectivity index (χ2n) is 2.57. The Balaban J connectivity index is 2.55. The van der Waals surface area contributed by atoms with Crippen LogP contribution >= 0.6 is 0 Å². The number of H-pyrrole nitrogens is 1. The van der Waals surface area contributed by atoms with E-state index in [0.717, 1.165) is 10.5 Å². The van der Waals surface area contributed by atoms with Crippen LogP contribution in [-0.4, -0.2) is 39.1 Å². The zero-order valence-electron chi connectivity index (χ0n) is 7.02. The van der Waals surface area contributed by atoms with Gasteiger partial charge in [-0.15, -0.1) is 0 Å². The van der Waals surface area contributed by atoms with Gasteiger partial charge in [0, 0.05) is 25.4 Å². The normalized spacial score (nSPS) is 9.62. The number of carbonyl (C=O) groups is 2. The monoisotopic (exact) mass is 183 g/mol. The Morgan fingerprint density at radius 3 is 2.85 bits per heavy atom. The van der Waals surface area contributed by atoms with E-state index >= 15 is 0 Å². The van der Waals surface area contributed by atoms with Gasteiger partial charge in [-0.05, 0) is 0 Å². The van der Waals surface area contributed by atoms with Crippen LogP contribution in [0.1, 0.15) is 5.56 Å². The molecule has 0 atom stereocenters. The van der Waals surface area contributed by atoms with Crippen molar-refractivity contribution in [1.82, 2.24) is 15.1 Å².